The van der Waals surface area contributed by atoms with E-state index in [0.717, 1.165) is 58.1 Å². The molecule has 2 heterocycles. The largest absolute Gasteiger partial charge is 0.356 e. The quantitative estimate of drug-likeness (QED) is 0.233. The fourth-order valence-corrected chi connectivity index (χ4v) is 4.52. The topological polar surface area (TPSA) is 55.8 Å². The van der Waals surface area contributed by atoms with Crippen LogP contribution in [0, 0.1) is 6.92 Å². The normalized spacial score (nSPS) is 18.1. The predicted molar refractivity (Wildman–Crippen MR) is 138 cm³/mol. The first kappa shape index (κ1) is 25.0. The second kappa shape index (κ2) is 13.2. The van der Waals surface area contributed by atoms with Gasteiger partial charge in [0.05, 0.1) is 5.01 Å². The van der Waals surface area contributed by atoms with E-state index in [0.29, 0.717) is 6.04 Å². The third-order valence-electron chi connectivity index (χ3n) is 5.32. The van der Waals surface area contributed by atoms with E-state index in [1.165, 1.54) is 15.4 Å². The first-order valence-electron chi connectivity index (χ1n) is 10.5. The molecular weight excluding hydrogens is 507 g/mol. The van der Waals surface area contributed by atoms with Gasteiger partial charge in [-0.2, -0.15) is 0 Å². The number of nitrogens with zero attached hydrogens (tertiary/aromatic N) is 4. The van der Waals surface area contributed by atoms with Crippen LogP contribution in [0.25, 0.3) is 0 Å². The number of aryl methyl sites for hydroxylation is 1. The van der Waals surface area contributed by atoms with Crippen molar-refractivity contribution in [2.75, 3.05) is 53.4 Å². The summed E-state index contributed by atoms with van der Waals surface area (Å²) >= 11 is 1.76. The molecule has 0 aliphatic carbocycles. The van der Waals surface area contributed by atoms with Crippen molar-refractivity contribution >= 4 is 41.3 Å². The van der Waals surface area contributed by atoms with Crippen molar-refractivity contribution in [3.05, 3.63) is 52.0 Å². The minimum Gasteiger partial charge on any atom is -0.356 e. The molecule has 1 aliphatic rings. The average Bonchev–Trinajstić information content (AvgIpc) is 3.16. The maximum absolute atomic E-state index is 4.41. The Hall–Kier alpha value is -1.23. The highest BCUT2D eigenvalue weighted by atomic mass is 127. The molecule has 1 atom stereocenters. The van der Waals surface area contributed by atoms with Gasteiger partial charge in [0.15, 0.2) is 5.96 Å². The van der Waals surface area contributed by atoms with Crippen molar-refractivity contribution in [1.82, 2.24) is 25.4 Å². The molecule has 1 aromatic carbocycles. The van der Waals surface area contributed by atoms with E-state index in [1.54, 1.807) is 11.3 Å². The first-order valence-corrected chi connectivity index (χ1v) is 11.3. The smallest absolute Gasteiger partial charge is 0.190 e. The maximum atomic E-state index is 4.41. The second-order valence-electron chi connectivity index (χ2n) is 7.62. The molecule has 1 unspecified atom stereocenters. The molecule has 0 saturated carbocycles. The summed E-state index contributed by atoms with van der Waals surface area (Å²) in [6.07, 6.45) is 3.97. The van der Waals surface area contributed by atoms with Crippen LogP contribution in [-0.4, -0.2) is 74.1 Å². The molecule has 30 heavy (non-hydrogen) atoms. The molecular formula is C22H35IN6S. The van der Waals surface area contributed by atoms with E-state index < -0.39 is 0 Å². The van der Waals surface area contributed by atoms with Crippen LogP contribution < -0.4 is 10.6 Å². The van der Waals surface area contributed by atoms with Crippen molar-refractivity contribution < 1.29 is 0 Å². The Bertz CT molecular complexity index is 766. The Balaban J connectivity index is 0.00000320. The Kier molecular flexibility index (Phi) is 11.0. The van der Waals surface area contributed by atoms with Crippen LogP contribution >= 0.6 is 35.3 Å². The summed E-state index contributed by atoms with van der Waals surface area (Å²) in [6, 6.07) is 11.4. The Morgan fingerprint density at radius 2 is 1.97 bits per heavy atom. The van der Waals surface area contributed by atoms with Gasteiger partial charge in [0, 0.05) is 69.9 Å². The monoisotopic (exact) mass is 542 g/mol. The van der Waals surface area contributed by atoms with Gasteiger partial charge in [-0.1, -0.05) is 30.3 Å². The van der Waals surface area contributed by atoms with Crippen LogP contribution in [0.3, 0.4) is 0 Å². The number of benzene rings is 1. The van der Waals surface area contributed by atoms with Crippen molar-refractivity contribution in [1.29, 1.82) is 0 Å². The van der Waals surface area contributed by atoms with Gasteiger partial charge in [0.25, 0.3) is 0 Å². The molecule has 2 N–H and O–H groups in total. The highest BCUT2D eigenvalue weighted by Crippen LogP contribution is 2.24. The van der Waals surface area contributed by atoms with Crippen LogP contribution in [0.4, 0.5) is 0 Å². The maximum Gasteiger partial charge on any atom is 0.190 e. The van der Waals surface area contributed by atoms with E-state index in [2.05, 4.69) is 74.7 Å². The number of likely N-dealkylation sites (N-methyl/N-ethyl adjacent to an activating group) is 1. The summed E-state index contributed by atoms with van der Waals surface area (Å²) in [7, 11) is 4.05. The summed E-state index contributed by atoms with van der Waals surface area (Å²) in [5, 5.41) is 8.01. The van der Waals surface area contributed by atoms with Gasteiger partial charge in [-0.25, -0.2) is 4.98 Å². The van der Waals surface area contributed by atoms with Crippen molar-refractivity contribution in [2.24, 2.45) is 4.99 Å². The lowest BCUT2D eigenvalue weighted by atomic mass is 10.0. The first-order chi connectivity index (χ1) is 14.2. The molecule has 0 amide bonds. The summed E-state index contributed by atoms with van der Waals surface area (Å²) < 4.78 is 0. The Morgan fingerprint density at radius 3 is 2.67 bits per heavy atom. The van der Waals surface area contributed by atoms with Crippen LogP contribution in [0.2, 0.25) is 0 Å². The number of halogens is 1. The fraction of sp³-hybridized carbons (Fsp3) is 0.545. The van der Waals surface area contributed by atoms with Crippen LogP contribution in [0.1, 0.15) is 27.9 Å². The van der Waals surface area contributed by atoms with Gasteiger partial charge in [-0.05, 0) is 26.0 Å². The summed E-state index contributed by atoms with van der Waals surface area (Å²) in [5.74, 6) is 0.872. The highest BCUT2D eigenvalue weighted by Gasteiger charge is 2.25. The highest BCUT2D eigenvalue weighted by molar-refractivity contribution is 14.0. The van der Waals surface area contributed by atoms with Crippen LogP contribution in [-0.2, 0) is 6.42 Å². The molecule has 1 saturated heterocycles. The van der Waals surface area contributed by atoms with E-state index in [1.807, 2.05) is 13.2 Å². The van der Waals surface area contributed by atoms with E-state index in [4.69, 9.17) is 0 Å². The number of nitrogens with one attached hydrogen (secondary N) is 2. The van der Waals surface area contributed by atoms with Gasteiger partial charge in [-0.15, -0.1) is 35.3 Å². The average molecular weight is 543 g/mol. The van der Waals surface area contributed by atoms with E-state index >= 15 is 0 Å². The predicted octanol–water partition coefficient (Wildman–Crippen LogP) is 3.16. The molecule has 3 rings (SSSR count). The van der Waals surface area contributed by atoms with Gasteiger partial charge in [0.1, 0.15) is 0 Å². The van der Waals surface area contributed by atoms with Crippen molar-refractivity contribution in [3.8, 4) is 0 Å². The number of piperazine rings is 1. The lowest BCUT2D eigenvalue weighted by molar-refractivity contribution is 0.0891. The standard InChI is InChI=1S/C22H34N6S.HI/c1-18-16-26-21(29-18)10-12-25-22(23-2)24-11-7-13-28-15-14-27(3)17-20(28)19-8-5-4-6-9-19;/h4-6,8-9,16,20H,7,10-15,17H2,1-3H3,(H2,23,24,25);1H. The lowest BCUT2D eigenvalue weighted by Crippen LogP contribution is -2.47. The van der Waals surface area contributed by atoms with E-state index in [9.17, 15) is 0 Å². The minimum atomic E-state index is 0. The molecule has 8 heteroatoms. The van der Waals surface area contributed by atoms with Gasteiger partial charge in [0.2, 0.25) is 0 Å². The molecule has 166 valence electrons. The lowest BCUT2D eigenvalue weighted by Gasteiger charge is -2.40. The number of aliphatic imine (C=N–C) groups is 1. The SMILES string of the molecule is CN=C(NCCCN1CCN(C)CC1c1ccccc1)NCCc1ncc(C)s1.I. The zero-order valence-corrected chi connectivity index (χ0v) is 21.5. The van der Waals surface area contributed by atoms with Gasteiger partial charge >= 0.3 is 0 Å². The molecule has 1 fully saturated rings. The number of hydrogen-bond donors (Lipinski definition) is 2. The molecule has 0 spiro atoms. The summed E-state index contributed by atoms with van der Waals surface area (Å²) in [5.41, 5.74) is 1.42. The van der Waals surface area contributed by atoms with E-state index in [-0.39, 0.29) is 24.0 Å². The zero-order valence-electron chi connectivity index (χ0n) is 18.3. The van der Waals surface area contributed by atoms with Crippen LogP contribution in [0.15, 0.2) is 41.5 Å². The number of guanidine groups is 1. The molecule has 6 nitrogen and oxygen atoms in total. The number of thiazole rings is 1. The van der Waals surface area contributed by atoms with Gasteiger partial charge in [-0.3, -0.25) is 9.89 Å². The van der Waals surface area contributed by atoms with Crippen LogP contribution in [0.5, 0.6) is 0 Å². The number of rotatable bonds is 8. The molecule has 1 aliphatic heterocycles. The molecule has 2 aromatic rings. The molecule has 0 radical (unpaired) electrons. The Labute approximate surface area is 202 Å². The summed E-state index contributed by atoms with van der Waals surface area (Å²) in [6.45, 7) is 8.31. The Morgan fingerprint density at radius 1 is 1.20 bits per heavy atom. The summed E-state index contributed by atoms with van der Waals surface area (Å²) in [4.78, 5) is 15.1. The van der Waals surface area contributed by atoms with Crippen molar-refractivity contribution in [2.45, 2.75) is 25.8 Å². The third kappa shape index (κ3) is 7.79. The molecule has 1 aromatic heterocycles. The van der Waals surface area contributed by atoms with Crippen molar-refractivity contribution in [3.63, 3.8) is 0 Å². The minimum absolute atomic E-state index is 0. The third-order valence-corrected chi connectivity index (χ3v) is 6.29. The fourth-order valence-electron chi connectivity index (χ4n) is 3.73. The number of hydrogen-bond acceptors (Lipinski definition) is 5. The van der Waals surface area contributed by atoms with Gasteiger partial charge < -0.3 is 15.5 Å². The molecule has 0 bridgehead atoms. The zero-order chi connectivity index (χ0) is 20.5. The second-order valence-corrected chi connectivity index (χ2v) is 8.94. The number of aromatic nitrogens is 1.